The molecule has 0 aliphatic carbocycles. The van der Waals surface area contributed by atoms with Gasteiger partial charge in [0.1, 0.15) is 12.1 Å². The molecule has 4 aromatic rings. The molecule has 0 bridgehead atoms. The van der Waals surface area contributed by atoms with Crippen LogP contribution in [0.2, 0.25) is 0 Å². The van der Waals surface area contributed by atoms with Gasteiger partial charge in [0.2, 0.25) is 5.91 Å². The lowest BCUT2D eigenvalue weighted by molar-refractivity contribution is -0.116. The van der Waals surface area contributed by atoms with E-state index in [2.05, 4.69) is 25.7 Å². The van der Waals surface area contributed by atoms with Crippen molar-refractivity contribution < 1.29 is 9.18 Å². The molecule has 0 saturated carbocycles. The molecule has 0 atom stereocenters. The predicted octanol–water partition coefficient (Wildman–Crippen LogP) is 2.64. The fourth-order valence-electron chi connectivity index (χ4n) is 3.12. The summed E-state index contributed by atoms with van der Waals surface area (Å²) < 4.78 is 16.6. The number of amides is 1. The van der Waals surface area contributed by atoms with Crippen LogP contribution in [-0.4, -0.2) is 35.5 Å². The molecule has 9 heteroatoms. The molecular weight excluding hydrogens is 361 g/mol. The van der Waals surface area contributed by atoms with Gasteiger partial charge in [-0.3, -0.25) is 4.79 Å². The number of nitrogens with zero attached hydrogens (tertiary/aromatic N) is 6. The maximum atomic E-state index is 13.2. The number of hydrogen-bond acceptors (Lipinski definition) is 5. The lowest BCUT2D eigenvalue weighted by atomic mass is 10.1. The van der Waals surface area contributed by atoms with Gasteiger partial charge in [0.05, 0.1) is 5.69 Å². The molecule has 4 rings (SSSR count). The van der Waals surface area contributed by atoms with Crippen molar-refractivity contribution in [3.05, 3.63) is 65.5 Å². The summed E-state index contributed by atoms with van der Waals surface area (Å²) in [5.41, 5.74) is 3.83. The van der Waals surface area contributed by atoms with Gasteiger partial charge in [0.15, 0.2) is 11.5 Å². The second kappa shape index (κ2) is 7.18. The minimum atomic E-state index is -0.386. The van der Waals surface area contributed by atoms with Gasteiger partial charge in [-0.15, -0.1) is 15.3 Å². The molecule has 3 aromatic heterocycles. The predicted molar refractivity (Wildman–Crippen MR) is 101 cm³/mol. The molecule has 8 nitrogen and oxygen atoms in total. The first-order valence-electron chi connectivity index (χ1n) is 8.79. The zero-order chi connectivity index (χ0) is 19.7. The summed E-state index contributed by atoms with van der Waals surface area (Å²) >= 11 is 0. The van der Waals surface area contributed by atoms with Crippen LogP contribution in [0.1, 0.15) is 23.4 Å². The second-order valence-electron chi connectivity index (χ2n) is 6.44. The monoisotopic (exact) mass is 379 g/mol. The average molecular weight is 379 g/mol. The van der Waals surface area contributed by atoms with E-state index < -0.39 is 0 Å². The SMILES string of the molecule is Cc1nn(-c2ccc3nncn3n2)c(C)c1CCC(=O)Nc1cccc(F)c1. The van der Waals surface area contributed by atoms with Crippen LogP contribution in [0, 0.1) is 19.7 Å². The smallest absolute Gasteiger partial charge is 0.224 e. The first-order chi connectivity index (χ1) is 13.5. The number of fused-ring (bicyclic) bond motifs is 1. The van der Waals surface area contributed by atoms with Crippen molar-refractivity contribution in [1.82, 2.24) is 29.6 Å². The van der Waals surface area contributed by atoms with Crippen molar-refractivity contribution in [2.75, 3.05) is 5.32 Å². The van der Waals surface area contributed by atoms with Gasteiger partial charge in [-0.1, -0.05) is 6.07 Å². The van der Waals surface area contributed by atoms with Crippen molar-refractivity contribution in [2.45, 2.75) is 26.7 Å². The molecule has 0 saturated heterocycles. The van der Waals surface area contributed by atoms with Gasteiger partial charge in [-0.25, -0.2) is 9.07 Å². The Morgan fingerprint density at radius 2 is 2.04 bits per heavy atom. The maximum absolute atomic E-state index is 13.2. The number of anilines is 1. The van der Waals surface area contributed by atoms with E-state index in [0.717, 1.165) is 17.0 Å². The van der Waals surface area contributed by atoms with E-state index in [-0.39, 0.29) is 18.1 Å². The van der Waals surface area contributed by atoms with E-state index in [0.29, 0.717) is 23.6 Å². The Morgan fingerprint density at radius 3 is 2.86 bits per heavy atom. The zero-order valence-corrected chi connectivity index (χ0v) is 15.4. The van der Waals surface area contributed by atoms with Crippen molar-refractivity contribution in [2.24, 2.45) is 0 Å². The van der Waals surface area contributed by atoms with E-state index in [4.69, 9.17) is 0 Å². The van der Waals surface area contributed by atoms with E-state index >= 15 is 0 Å². The normalized spacial score (nSPS) is 11.1. The Kier molecular flexibility index (Phi) is 4.56. The summed E-state index contributed by atoms with van der Waals surface area (Å²) in [5, 5.41) is 19.5. The van der Waals surface area contributed by atoms with Gasteiger partial charge in [-0.05, 0) is 56.2 Å². The third-order valence-corrected chi connectivity index (χ3v) is 4.52. The Morgan fingerprint density at radius 1 is 1.18 bits per heavy atom. The van der Waals surface area contributed by atoms with Crippen LogP contribution in [0.25, 0.3) is 11.5 Å². The first-order valence-corrected chi connectivity index (χ1v) is 8.79. The fraction of sp³-hybridized carbons (Fsp3) is 0.211. The lowest BCUT2D eigenvalue weighted by Gasteiger charge is -2.06. The van der Waals surface area contributed by atoms with Crippen molar-refractivity contribution in [3.8, 4) is 5.82 Å². The Hall–Kier alpha value is -3.62. The molecule has 1 N–H and O–H groups in total. The number of rotatable bonds is 5. The zero-order valence-electron chi connectivity index (χ0n) is 15.4. The van der Waals surface area contributed by atoms with Crippen LogP contribution in [0.3, 0.4) is 0 Å². The van der Waals surface area contributed by atoms with Gasteiger partial charge in [-0.2, -0.15) is 9.61 Å². The Bertz CT molecular complexity index is 1160. The van der Waals surface area contributed by atoms with Crippen LogP contribution in [0.5, 0.6) is 0 Å². The topological polar surface area (TPSA) is 90.0 Å². The summed E-state index contributed by atoms with van der Waals surface area (Å²) in [6.07, 6.45) is 2.32. The third kappa shape index (κ3) is 3.46. The Balaban J connectivity index is 1.50. The average Bonchev–Trinajstić information content (AvgIpc) is 3.24. The van der Waals surface area contributed by atoms with E-state index in [1.807, 2.05) is 26.0 Å². The van der Waals surface area contributed by atoms with Crippen LogP contribution >= 0.6 is 0 Å². The highest BCUT2D eigenvalue weighted by Gasteiger charge is 2.15. The largest absolute Gasteiger partial charge is 0.326 e. The number of halogens is 1. The minimum Gasteiger partial charge on any atom is -0.326 e. The molecular formula is C19H18FN7O. The summed E-state index contributed by atoms with van der Waals surface area (Å²) in [4.78, 5) is 12.2. The summed E-state index contributed by atoms with van der Waals surface area (Å²) in [6, 6.07) is 9.48. The van der Waals surface area contributed by atoms with Gasteiger partial charge < -0.3 is 5.32 Å². The summed E-state index contributed by atoms with van der Waals surface area (Å²) in [5.74, 6) is 0.0767. The molecule has 1 aromatic carbocycles. The van der Waals surface area contributed by atoms with Crippen molar-refractivity contribution in [1.29, 1.82) is 0 Å². The highest BCUT2D eigenvalue weighted by Crippen LogP contribution is 2.19. The number of carbonyl (C=O) groups excluding carboxylic acids is 1. The highest BCUT2D eigenvalue weighted by atomic mass is 19.1. The van der Waals surface area contributed by atoms with E-state index in [9.17, 15) is 9.18 Å². The number of nitrogens with one attached hydrogen (secondary N) is 1. The van der Waals surface area contributed by atoms with E-state index in [1.54, 1.807) is 21.3 Å². The summed E-state index contributed by atoms with van der Waals surface area (Å²) in [6.45, 7) is 3.85. The molecule has 0 fully saturated rings. The fourth-order valence-corrected chi connectivity index (χ4v) is 3.12. The van der Waals surface area contributed by atoms with Gasteiger partial charge in [0.25, 0.3) is 0 Å². The van der Waals surface area contributed by atoms with Crippen molar-refractivity contribution >= 4 is 17.2 Å². The number of aryl methyl sites for hydroxylation is 1. The molecule has 0 unspecified atom stereocenters. The molecule has 1 amide bonds. The molecule has 28 heavy (non-hydrogen) atoms. The van der Waals surface area contributed by atoms with Crippen LogP contribution < -0.4 is 5.32 Å². The van der Waals surface area contributed by atoms with Gasteiger partial charge >= 0.3 is 0 Å². The van der Waals surface area contributed by atoms with Crippen LogP contribution in [0.15, 0.2) is 42.7 Å². The minimum absolute atomic E-state index is 0.179. The quantitative estimate of drug-likeness (QED) is 0.576. The van der Waals surface area contributed by atoms with Gasteiger partial charge in [0, 0.05) is 17.8 Å². The second-order valence-corrected chi connectivity index (χ2v) is 6.44. The molecule has 142 valence electrons. The highest BCUT2D eigenvalue weighted by molar-refractivity contribution is 5.90. The molecule has 3 heterocycles. The van der Waals surface area contributed by atoms with Crippen molar-refractivity contribution in [3.63, 3.8) is 0 Å². The third-order valence-electron chi connectivity index (χ3n) is 4.52. The number of aromatic nitrogens is 6. The van der Waals surface area contributed by atoms with E-state index in [1.165, 1.54) is 18.5 Å². The maximum Gasteiger partial charge on any atom is 0.224 e. The summed E-state index contributed by atoms with van der Waals surface area (Å²) in [7, 11) is 0. The lowest BCUT2D eigenvalue weighted by Crippen LogP contribution is -2.13. The van der Waals surface area contributed by atoms with Crippen LogP contribution in [-0.2, 0) is 11.2 Å². The number of carbonyl (C=O) groups is 1. The molecule has 0 radical (unpaired) electrons. The molecule has 0 spiro atoms. The molecule has 0 aliphatic heterocycles. The molecule has 0 aliphatic rings. The standard InChI is InChI=1S/C19H18FN7O/c1-12-16(6-9-19(28)22-15-5-3-4-14(20)10-15)13(2)27(24-12)18-8-7-17-23-21-11-26(17)25-18/h3-5,7-8,10-11H,6,9H2,1-2H3,(H,22,28). The Labute approximate surface area is 160 Å². The first kappa shape index (κ1) is 17.8. The van der Waals surface area contributed by atoms with Crippen LogP contribution in [0.4, 0.5) is 10.1 Å². The number of benzene rings is 1. The number of hydrogen-bond donors (Lipinski definition) is 1.